The smallest absolute Gasteiger partial charge is 0.354 e. The molecule has 0 atom stereocenters. The number of carbonyl (C=O) groups is 1. The molecular formula is C20H13F3N4O. The molecule has 8 heteroatoms. The highest BCUT2D eigenvalue weighted by Gasteiger charge is 2.30. The molecule has 2 aromatic carbocycles. The van der Waals surface area contributed by atoms with Crippen LogP contribution in [0.5, 0.6) is 0 Å². The fourth-order valence-electron chi connectivity index (χ4n) is 2.37. The molecule has 0 aliphatic heterocycles. The molecule has 5 nitrogen and oxygen atoms in total. The lowest BCUT2D eigenvalue weighted by atomic mass is 10.1. The fraction of sp³-hybridized carbons (Fsp3) is 0.0500. The van der Waals surface area contributed by atoms with Crippen molar-refractivity contribution in [1.82, 2.24) is 4.98 Å². The molecule has 1 aromatic heterocycles. The van der Waals surface area contributed by atoms with E-state index >= 15 is 0 Å². The van der Waals surface area contributed by atoms with Crippen LogP contribution in [0.4, 0.5) is 30.4 Å². The van der Waals surface area contributed by atoms with E-state index in [0.717, 1.165) is 24.3 Å². The zero-order chi connectivity index (χ0) is 20.1. The number of hydrogen-bond donors (Lipinski definition) is 2. The first-order chi connectivity index (χ1) is 13.3. The maximum atomic E-state index is 12.6. The summed E-state index contributed by atoms with van der Waals surface area (Å²) >= 11 is 0. The maximum absolute atomic E-state index is 12.6. The monoisotopic (exact) mass is 382 g/mol. The number of halogens is 3. The second kappa shape index (κ2) is 7.80. The first-order valence-corrected chi connectivity index (χ1v) is 8.07. The van der Waals surface area contributed by atoms with E-state index in [-0.39, 0.29) is 11.4 Å². The van der Waals surface area contributed by atoms with E-state index in [4.69, 9.17) is 5.26 Å². The van der Waals surface area contributed by atoms with Crippen molar-refractivity contribution < 1.29 is 18.0 Å². The van der Waals surface area contributed by atoms with E-state index in [2.05, 4.69) is 15.6 Å². The highest BCUT2D eigenvalue weighted by atomic mass is 19.4. The highest BCUT2D eigenvalue weighted by Crippen LogP contribution is 2.29. The van der Waals surface area contributed by atoms with E-state index in [9.17, 15) is 18.0 Å². The van der Waals surface area contributed by atoms with Gasteiger partial charge in [0.25, 0.3) is 5.91 Å². The Morgan fingerprint density at radius 2 is 1.75 bits per heavy atom. The Labute approximate surface area is 158 Å². The highest BCUT2D eigenvalue weighted by molar-refractivity contribution is 6.03. The van der Waals surface area contributed by atoms with E-state index in [1.54, 1.807) is 36.4 Å². The quantitative estimate of drug-likeness (QED) is 0.668. The number of hydrogen-bond acceptors (Lipinski definition) is 4. The lowest BCUT2D eigenvalue weighted by Crippen LogP contribution is -2.13. The van der Waals surface area contributed by atoms with Crippen LogP contribution in [0.25, 0.3) is 0 Å². The summed E-state index contributed by atoms with van der Waals surface area (Å²) in [7, 11) is 0. The second-order valence-electron chi connectivity index (χ2n) is 5.78. The predicted molar refractivity (Wildman–Crippen MR) is 98.1 cm³/mol. The van der Waals surface area contributed by atoms with Crippen LogP contribution < -0.4 is 10.6 Å². The van der Waals surface area contributed by atoms with E-state index in [1.807, 2.05) is 6.07 Å². The van der Waals surface area contributed by atoms with Crippen LogP contribution in [0.3, 0.4) is 0 Å². The molecule has 0 aliphatic carbocycles. The lowest BCUT2D eigenvalue weighted by Gasteiger charge is -2.09. The second-order valence-corrected chi connectivity index (χ2v) is 5.78. The van der Waals surface area contributed by atoms with Crippen LogP contribution >= 0.6 is 0 Å². The van der Waals surface area contributed by atoms with Gasteiger partial charge in [-0.1, -0.05) is 6.07 Å². The van der Waals surface area contributed by atoms with Crippen molar-refractivity contribution in [3.63, 3.8) is 0 Å². The number of amides is 1. The molecular weight excluding hydrogens is 369 g/mol. The number of carbonyl (C=O) groups excluding carboxylic acids is 1. The number of nitriles is 1. The van der Waals surface area contributed by atoms with Crippen LogP contribution in [0.1, 0.15) is 21.5 Å². The van der Waals surface area contributed by atoms with Crippen LogP contribution in [-0.2, 0) is 6.18 Å². The molecule has 0 saturated carbocycles. The standard InChI is InChI=1S/C20H13F3N4O/c21-20(22,23)15-6-4-14(5-7-15)19(28)27-18-9-8-17(12-25-18)26-16-3-1-2-13(10-16)11-24/h1-10,12,26H,(H,25,27,28). The van der Waals surface area contributed by atoms with Crippen molar-refractivity contribution in [1.29, 1.82) is 5.26 Å². The number of benzene rings is 2. The summed E-state index contributed by atoms with van der Waals surface area (Å²) in [5.74, 6) is -0.315. The summed E-state index contributed by atoms with van der Waals surface area (Å²) in [4.78, 5) is 16.2. The van der Waals surface area contributed by atoms with Gasteiger partial charge < -0.3 is 10.6 Å². The minimum absolute atomic E-state index is 0.0883. The first-order valence-electron chi connectivity index (χ1n) is 8.07. The van der Waals surface area contributed by atoms with E-state index in [0.29, 0.717) is 16.9 Å². The summed E-state index contributed by atoms with van der Waals surface area (Å²) in [5, 5.41) is 14.5. The Balaban J connectivity index is 1.65. The van der Waals surface area contributed by atoms with Crippen molar-refractivity contribution in [2.24, 2.45) is 0 Å². The minimum atomic E-state index is -4.45. The molecule has 1 heterocycles. The molecule has 0 saturated heterocycles. The molecule has 0 bridgehead atoms. The number of rotatable bonds is 4. The molecule has 0 fully saturated rings. The van der Waals surface area contributed by atoms with Crippen molar-refractivity contribution in [3.8, 4) is 6.07 Å². The van der Waals surface area contributed by atoms with Gasteiger partial charge in [0.05, 0.1) is 29.1 Å². The SMILES string of the molecule is N#Cc1cccc(Nc2ccc(NC(=O)c3ccc(C(F)(F)F)cc3)nc2)c1. The molecule has 140 valence electrons. The molecule has 1 amide bonds. The third-order valence-corrected chi connectivity index (χ3v) is 3.76. The number of alkyl halides is 3. The Morgan fingerprint density at radius 1 is 1.00 bits per heavy atom. The molecule has 3 aromatic rings. The Morgan fingerprint density at radius 3 is 2.36 bits per heavy atom. The van der Waals surface area contributed by atoms with Crippen molar-refractivity contribution in [3.05, 3.63) is 83.6 Å². The number of aromatic nitrogens is 1. The number of nitrogens with one attached hydrogen (secondary N) is 2. The maximum Gasteiger partial charge on any atom is 0.416 e. The summed E-state index contributed by atoms with van der Waals surface area (Å²) in [6, 6.07) is 16.1. The van der Waals surface area contributed by atoms with Crippen molar-refractivity contribution in [2.45, 2.75) is 6.18 Å². The molecule has 2 N–H and O–H groups in total. The van der Waals surface area contributed by atoms with Gasteiger partial charge in [-0.25, -0.2) is 4.98 Å². The van der Waals surface area contributed by atoms with E-state index < -0.39 is 17.6 Å². The average Bonchev–Trinajstić information content (AvgIpc) is 2.69. The van der Waals surface area contributed by atoms with Gasteiger partial charge >= 0.3 is 6.18 Å². The van der Waals surface area contributed by atoms with Gasteiger partial charge in [-0.3, -0.25) is 4.79 Å². The van der Waals surface area contributed by atoms with Gasteiger partial charge in [0.15, 0.2) is 0 Å². The van der Waals surface area contributed by atoms with Gasteiger partial charge in [-0.05, 0) is 54.6 Å². The molecule has 0 radical (unpaired) electrons. The van der Waals surface area contributed by atoms with Gasteiger partial charge in [-0.2, -0.15) is 18.4 Å². The zero-order valence-electron chi connectivity index (χ0n) is 14.3. The van der Waals surface area contributed by atoms with E-state index in [1.165, 1.54) is 6.20 Å². The largest absolute Gasteiger partial charge is 0.416 e. The van der Waals surface area contributed by atoms with Crippen molar-refractivity contribution in [2.75, 3.05) is 10.6 Å². The normalized spacial score (nSPS) is 10.8. The number of nitrogens with zero attached hydrogens (tertiary/aromatic N) is 2. The van der Waals surface area contributed by atoms with Crippen LogP contribution in [0, 0.1) is 11.3 Å². The number of anilines is 3. The fourth-order valence-corrected chi connectivity index (χ4v) is 2.37. The molecule has 0 unspecified atom stereocenters. The average molecular weight is 382 g/mol. The summed E-state index contributed by atoms with van der Waals surface area (Å²) in [5.41, 5.74) is 1.13. The Kier molecular flexibility index (Phi) is 5.27. The first kappa shape index (κ1) is 18.9. The predicted octanol–water partition coefficient (Wildman–Crippen LogP) is 4.97. The third-order valence-electron chi connectivity index (χ3n) is 3.76. The molecule has 3 rings (SSSR count). The molecule has 0 spiro atoms. The summed E-state index contributed by atoms with van der Waals surface area (Å²) < 4.78 is 37.7. The third kappa shape index (κ3) is 4.65. The van der Waals surface area contributed by atoms with Crippen LogP contribution in [0.2, 0.25) is 0 Å². The lowest BCUT2D eigenvalue weighted by molar-refractivity contribution is -0.137. The molecule has 28 heavy (non-hydrogen) atoms. The summed E-state index contributed by atoms with van der Waals surface area (Å²) in [6.07, 6.45) is -2.96. The van der Waals surface area contributed by atoms with Gasteiger partial charge in [0.2, 0.25) is 0 Å². The molecule has 0 aliphatic rings. The van der Waals surface area contributed by atoms with Gasteiger partial charge in [0.1, 0.15) is 5.82 Å². The Hall–Kier alpha value is -3.86. The summed E-state index contributed by atoms with van der Waals surface area (Å²) in [6.45, 7) is 0. The van der Waals surface area contributed by atoms with Gasteiger partial charge in [0, 0.05) is 11.3 Å². The topological polar surface area (TPSA) is 77.8 Å². The number of pyridine rings is 1. The van der Waals surface area contributed by atoms with Crippen LogP contribution in [-0.4, -0.2) is 10.9 Å². The van der Waals surface area contributed by atoms with Gasteiger partial charge in [-0.15, -0.1) is 0 Å². The van der Waals surface area contributed by atoms with Crippen molar-refractivity contribution >= 4 is 23.1 Å². The zero-order valence-corrected chi connectivity index (χ0v) is 14.3. The minimum Gasteiger partial charge on any atom is -0.354 e. The Bertz CT molecular complexity index is 1020. The van der Waals surface area contributed by atoms with Crippen LogP contribution in [0.15, 0.2) is 66.9 Å².